The van der Waals surface area contributed by atoms with E-state index in [0.29, 0.717) is 44.1 Å². The van der Waals surface area contributed by atoms with Gasteiger partial charge in [0, 0.05) is 37.4 Å². The lowest BCUT2D eigenvalue weighted by Crippen LogP contribution is -2.54. The van der Waals surface area contributed by atoms with Crippen LogP contribution in [0.25, 0.3) is 0 Å². The molecule has 3 N–H and O–H groups in total. The van der Waals surface area contributed by atoms with E-state index in [0.717, 1.165) is 23.6 Å². The van der Waals surface area contributed by atoms with E-state index in [9.17, 15) is 23.2 Å². The number of sulfonamides is 1. The third-order valence-electron chi connectivity index (χ3n) is 6.81. The van der Waals surface area contributed by atoms with Crippen LogP contribution in [0.2, 0.25) is 0 Å². The van der Waals surface area contributed by atoms with E-state index in [1.165, 1.54) is 29.8 Å². The number of hydroxylamine groups is 1. The van der Waals surface area contributed by atoms with E-state index < -0.39 is 27.9 Å². The van der Waals surface area contributed by atoms with E-state index in [1.807, 2.05) is 12.1 Å². The Morgan fingerprint density at radius 2 is 1.68 bits per heavy atom. The van der Waals surface area contributed by atoms with Crippen LogP contribution in [0.5, 0.6) is 0 Å². The van der Waals surface area contributed by atoms with Crippen LogP contribution < -0.4 is 10.8 Å². The SMILES string of the molecule is CCCCc1ccc(C(=O)Nc2ccc(S(=O)(=O)N(CCN3CCOCC3)[C@@H](C(=O)NO)C(C)C)cc2)cc1.Cl. The van der Waals surface area contributed by atoms with Crippen LogP contribution in [0.4, 0.5) is 5.69 Å². The number of hydrogen-bond donors (Lipinski definition) is 3. The lowest BCUT2D eigenvalue weighted by molar-refractivity contribution is -0.134. The quantitative estimate of drug-likeness (QED) is 0.238. The standard InChI is InChI=1S/C28H40N4O6S.ClH/c1-4-5-6-22-7-9-23(10-8-22)27(33)29-24-11-13-25(14-12-24)39(36,37)32(26(21(2)3)28(34)30-35)16-15-31-17-19-38-20-18-31;/h7-14,21,26,35H,4-6,15-20H2,1-3H3,(H,29,33)(H,30,34);1H/t26-;/m1./s1. The molecule has 1 saturated heterocycles. The number of nitrogens with zero attached hydrogens (tertiary/aromatic N) is 2. The van der Waals surface area contributed by atoms with E-state index in [-0.39, 0.29) is 29.8 Å². The van der Waals surface area contributed by atoms with Gasteiger partial charge in [-0.2, -0.15) is 4.31 Å². The number of carbonyl (C=O) groups is 2. The molecule has 2 aromatic rings. The molecule has 1 aliphatic rings. The molecule has 0 unspecified atom stereocenters. The molecule has 0 bridgehead atoms. The zero-order valence-corrected chi connectivity index (χ0v) is 25.0. The van der Waals surface area contributed by atoms with Gasteiger partial charge in [0.05, 0.1) is 18.1 Å². The minimum Gasteiger partial charge on any atom is -0.379 e. The van der Waals surface area contributed by atoms with Gasteiger partial charge in [-0.1, -0.05) is 39.3 Å². The monoisotopic (exact) mass is 596 g/mol. The number of amides is 2. The largest absolute Gasteiger partial charge is 0.379 e. The third-order valence-corrected chi connectivity index (χ3v) is 8.71. The second kappa shape index (κ2) is 16.0. The van der Waals surface area contributed by atoms with E-state index in [4.69, 9.17) is 4.74 Å². The first-order valence-corrected chi connectivity index (χ1v) is 14.9. The lowest BCUT2D eigenvalue weighted by Gasteiger charge is -2.34. The predicted molar refractivity (Wildman–Crippen MR) is 156 cm³/mol. The van der Waals surface area contributed by atoms with Gasteiger partial charge in [-0.3, -0.25) is 19.7 Å². The van der Waals surface area contributed by atoms with Crippen molar-refractivity contribution in [3.05, 3.63) is 59.7 Å². The number of ether oxygens (including phenoxy) is 1. The molecule has 0 saturated carbocycles. The molecule has 0 spiro atoms. The third kappa shape index (κ3) is 8.98. The lowest BCUT2D eigenvalue weighted by atomic mass is 10.0. The van der Waals surface area contributed by atoms with Crippen LogP contribution in [0.3, 0.4) is 0 Å². The molecule has 10 nitrogen and oxygen atoms in total. The van der Waals surface area contributed by atoms with Gasteiger partial charge in [-0.15, -0.1) is 12.4 Å². The summed E-state index contributed by atoms with van der Waals surface area (Å²) >= 11 is 0. The fraction of sp³-hybridized carbons (Fsp3) is 0.500. The average Bonchev–Trinajstić information content (AvgIpc) is 2.94. The minimum absolute atomic E-state index is 0. The molecule has 1 atom stereocenters. The summed E-state index contributed by atoms with van der Waals surface area (Å²) in [5.74, 6) is -1.48. The van der Waals surface area contributed by atoms with Crippen molar-refractivity contribution in [1.29, 1.82) is 0 Å². The van der Waals surface area contributed by atoms with Crippen LogP contribution in [-0.4, -0.2) is 80.1 Å². The highest BCUT2D eigenvalue weighted by Crippen LogP contribution is 2.24. The molecule has 40 heavy (non-hydrogen) atoms. The maximum absolute atomic E-state index is 13.8. The van der Waals surface area contributed by atoms with Gasteiger partial charge in [-0.25, -0.2) is 13.9 Å². The first-order chi connectivity index (χ1) is 18.7. The highest BCUT2D eigenvalue weighted by Gasteiger charge is 2.38. The summed E-state index contributed by atoms with van der Waals surface area (Å²) in [5.41, 5.74) is 3.76. The van der Waals surface area contributed by atoms with E-state index in [2.05, 4.69) is 17.1 Å². The highest BCUT2D eigenvalue weighted by atomic mass is 35.5. The summed E-state index contributed by atoms with van der Waals surface area (Å²) in [6.07, 6.45) is 3.16. The van der Waals surface area contributed by atoms with Crippen molar-refractivity contribution >= 4 is 39.9 Å². The number of halogens is 1. The molecule has 0 radical (unpaired) electrons. The van der Waals surface area contributed by atoms with Crippen LogP contribution in [0, 0.1) is 5.92 Å². The normalized spacial score (nSPS) is 14.9. The smallest absolute Gasteiger partial charge is 0.262 e. The van der Waals surface area contributed by atoms with Crippen molar-refractivity contribution in [2.75, 3.05) is 44.7 Å². The van der Waals surface area contributed by atoms with Crippen molar-refractivity contribution in [1.82, 2.24) is 14.7 Å². The number of nitrogens with one attached hydrogen (secondary N) is 2. The van der Waals surface area contributed by atoms with Gasteiger partial charge < -0.3 is 10.1 Å². The molecule has 1 aliphatic heterocycles. The number of morpholine rings is 1. The molecule has 0 aromatic heterocycles. The molecule has 0 aliphatic carbocycles. The summed E-state index contributed by atoms with van der Waals surface area (Å²) in [7, 11) is -4.12. The van der Waals surface area contributed by atoms with Gasteiger partial charge in [0.25, 0.3) is 11.8 Å². The van der Waals surface area contributed by atoms with Gasteiger partial charge in [0.1, 0.15) is 6.04 Å². The zero-order valence-electron chi connectivity index (χ0n) is 23.3. The first kappa shape index (κ1) is 33.7. The summed E-state index contributed by atoms with van der Waals surface area (Å²) in [5, 5.41) is 12.1. The molecule has 1 heterocycles. The fourth-order valence-electron chi connectivity index (χ4n) is 4.56. The van der Waals surface area contributed by atoms with Crippen LogP contribution in [0.15, 0.2) is 53.4 Å². The van der Waals surface area contributed by atoms with Crippen molar-refractivity contribution in [2.24, 2.45) is 5.92 Å². The number of rotatable bonds is 13. The van der Waals surface area contributed by atoms with Crippen molar-refractivity contribution in [3.63, 3.8) is 0 Å². The second-order valence-corrected chi connectivity index (χ2v) is 11.9. The van der Waals surface area contributed by atoms with Crippen molar-refractivity contribution < 1.29 is 28.0 Å². The number of hydrogen-bond acceptors (Lipinski definition) is 7. The first-order valence-electron chi connectivity index (χ1n) is 13.4. The Hall–Kier alpha value is -2.54. The molecular formula is C28H41ClN4O6S. The molecule has 12 heteroatoms. The highest BCUT2D eigenvalue weighted by molar-refractivity contribution is 7.89. The molecule has 2 amide bonds. The Labute approximate surface area is 243 Å². The maximum Gasteiger partial charge on any atom is 0.262 e. The fourth-order valence-corrected chi connectivity index (χ4v) is 6.27. The summed E-state index contributed by atoms with van der Waals surface area (Å²) in [6.45, 7) is 8.53. The molecule has 222 valence electrons. The van der Waals surface area contributed by atoms with Gasteiger partial charge in [-0.05, 0) is 60.7 Å². The van der Waals surface area contributed by atoms with Crippen LogP contribution in [-0.2, 0) is 26.0 Å². The summed E-state index contributed by atoms with van der Waals surface area (Å²) < 4.78 is 34.0. The summed E-state index contributed by atoms with van der Waals surface area (Å²) in [6, 6.07) is 12.2. The zero-order chi connectivity index (χ0) is 28.4. The van der Waals surface area contributed by atoms with E-state index >= 15 is 0 Å². The Morgan fingerprint density at radius 1 is 1.05 bits per heavy atom. The number of unbranched alkanes of at least 4 members (excludes halogenated alkanes) is 1. The Kier molecular flexibility index (Phi) is 13.5. The Balaban J connectivity index is 0.00000560. The molecule has 3 rings (SSSR count). The number of aryl methyl sites for hydroxylation is 1. The second-order valence-electron chi connectivity index (χ2n) is 10.0. The Bertz CT molecular complexity index is 1190. The number of carbonyl (C=O) groups excluding carboxylic acids is 2. The van der Waals surface area contributed by atoms with Gasteiger partial charge >= 0.3 is 0 Å². The van der Waals surface area contributed by atoms with Crippen LogP contribution in [0.1, 0.15) is 49.5 Å². The van der Waals surface area contributed by atoms with Crippen molar-refractivity contribution in [3.8, 4) is 0 Å². The van der Waals surface area contributed by atoms with E-state index in [1.54, 1.807) is 31.5 Å². The minimum atomic E-state index is -4.12. The molecule has 2 aromatic carbocycles. The molecular weight excluding hydrogens is 556 g/mol. The number of anilines is 1. The van der Waals surface area contributed by atoms with Crippen LogP contribution >= 0.6 is 12.4 Å². The predicted octanol–water partition coefficient (Wildman–Crippen LogP) is 3.56. The maximum atomic E-state index is 13.8. The Morgan fingerprint density at radius 3 is 2.23 bits per heavy atom. The summed E-state index contributed by atoms with van der Waals surface area (Å²) in [4.78, 5) is 27.3. The average molecular weight is 597 g/mol. The van der Waals surface area contributed by atoms with Gasteiger partial charge in [0.15, 0.2) is 0 Å². The van der Waals surface area contributed by atoms with Gasteiger partial charge in [0.2, 0.25) is 10.0 Å². The topological polar surface area (TPSA) is 128 Å². The number of benzene rings is 2. The van der Waals surface area contributed by atoms with Crippen molar-refractivity contribution in [2.45, 2.75) is 51.0 Å². The molecule has 1 fully saturated rings.